The SMILES string of the molecule is C(#Cc1cccs1)c1ccc(-n2c3ccccc3c3ccccc32)cc1. The smallest absolute Gasteiger partial charge is 0.0772 e. The standard InChI is InChI=1S/C24H15NS/c1-3-9-23-21(7-1)22-8-2-4-10-24(22)25(23)19-14-11-18(12-15-19)13-16-20-6-5-17-26-20/h1-12,14-15,17H. The number of nitrogens with zero attached hydrogens (tertiary/aromatic N) is 1. The number of benzene rings is 3. The molecule has 1 nitrogen and oxygen atoms in total. The van der Waals surface area contributed by atoms with Crippen molar-refractivity contribution >= 4 is 33.1 Å². The Labute approximate surface area is 156 Å². The van der Waals surface area contributed by atoms with Gasteiger partial charge in [-0.2, -0.15) is 0 Å². The molecule has 5 aromatic rings. The average Bonchev–Trinajstić information content (AvgIpc) is 3.33. The molecule has 0 radical (unpaired) electrons. The lowest BCUT2D eigenvalue weighted by Gasteiger charge is -2.07. The largest absolute Gasteiger partial charge is 0.309 e. The van der Waals surface area contributed by atoms with Gasteiger partial charge in [-0.15, -0.1) is 11.3 Å². The van der Waals surface area contributed by atoms with E-state index in [0.29, 0.717) is 0 Å². The van der Waals surface area contributed by atoms with Crippen molar-refractivity contribution in [2.75, 3.05) is 0 Å². The topological polar surface area (TPSA) is 4.93 Å². The summed E-state index contributed by atoms with van der Waals surface area (Å²) >= 11 is 1.67. The summed E-state index contributed by atoms with van der Waals surface area (Å²) in [5.74, 6) is 6.46. The number of aromatic nitrogens is 1. The zero-order valence-electron chi connectivity index (χ0n) is 14.0. The molecule has 3 aromatic carbocycles. The summed E-state index contributed by atoms with van der Waals surface area (Å²) in [4.78, 5) is 1.09. The van der Waals surface area contributed by atoms with Gasteiger partial charge in [0.25, 0.3) is 0 Å². The molecule has 26 heavy (non-hydrogen) atoms. The predicted molar refractivity (Wildman–Crippen MR) is 111 cm³/mol. The molecule has 2 heteroatoms. The predicted octanol–water partition coefficient (Wildman–Crippen LogP) is 6.25. The van der Waals surface area contributed by atoms with Crippen LogP contribution < -0.4 is 0 Å². The Hall–Kier alpha value is -3.28. The van der Waals surface area contributed by atoms with Crippen LogP contribution in [0, 0.1) is 11.8 Å². The molecule has 2 heterocycles. The van der Waals surface area contributed by atoms with Crippen molar-refractivity contribution in [1.29, 1.82) is 0 Å². The fourth-order valence-corrected chi connectivity index (χ4v) is 3.95. The average molecular weight is 349 g/mol. The van der Waals surface area contributed by atoms with Crippen molar-refractivity contribution in [1.82, 2.24) is 4.57 Å². The molecule has 0 N–H and O–H groups in total. The molecule has 0 aliphatic heterocycles. The van der Waals surface area contributed by atoms with E-state index in [9.17, 15) is 0 Å². The second kappa shape index (κ2) is 6.22. The third-order valence-electron chi connectivity index (χ3n) is 4.56. The van der Waals surface area contributed by atoms with Crippen LogP contribution in [0.15, 0.2) is 90.3 Å². The van der Waals surface area contributed by atoms with Gasteiger partial charge < -0.3 is 4.57 Å². The highest BCUT2D eigenvalue weighted by molar-refractivity contribution is 7.10. The number of thiophene rings is 1. The highest BCUT2D eigenvalue weighted by atomic mass is 32.1. The molecule has 0 unspecified atom stereocenters. The minimum Gasteiger partial charge on any atom is -0.309 e. The van der Waals surface area contributed by atoms with Crippen LogP contribution in [0.4, 0.5) is 0 Å². The normalized spacial score (nSPS) is 10.8. The minimum absolute atomic E-state index is 1.03. The first-order chi connectivity index (χ1) is 12.9. The molecule has 0 saturated heterocycles. The molecule has 0 bridgehead atoms. The monoisotopic (exact) mass is 349 g/mol. The van der Waals surface area contributed by atoms with Gasteiger partial charge in [0.05, 0.1) is 15.9 Å². The first-order valence-electron chi connectivity index (χ1n) is 8.54. The van der Waals surface area contributed by atoms with Crippen molar-refractivity contribution in [2.45, 2.75) is 0 Å². The lowest BCUT2D eigenvalue weighted by molar-refractivity contribution is 1.18. The van der Waals surface area contributed by atoms with Crippen LogP contribution in [-0.4, -0.2) is 4.57 Å². The molecule has 122 valence electrons. The second-order valence-corrected chi connectivity index (χ2v) is 7.09. The Balaban J connectivity index is 1.63. The van der Waals surface area contributed by atoms with E-state index in [4.69, 9.17) is 0 Å². The Morgan fingerprint density at radius 3 is 1.88 bits per heavy atom. The molecule has 0 fully saturated rings. The van der Waals surface area contributed by atoms with Crippen LogP contribution in [0.2, 0.25) is 0 Å². The number of fused-ring (bicyclic) bond motifs is 3. The third-order valence-corrected chi connectivity index (χ3v) is 5.34. The molecule has 0 spiro atoms. The number of rotatable bonds is 1. The van der Waals surface area contributed by atoms with E-state index in [0.717, 1.165) is 16.1 Å². The van der Waals surface area contributed by atoms with Gasteiger partial charge in [-0.05, 0) is 47.8 Å². The molecule has 5 rings (SSSR count). The van der Waals surface area contributed by atoms with E-state index < -0.39 is 0 Å². The summed E-state index contributed by atoms with van der Waals surface area (Å²) in [5.41, 5.74) is 4.64. The summed E-state index contributed by atoms with van der Waals surface area (Å²) < 4.78 is 2.32. The number of para-hydroxylation sites is 2. The summed E-state index contributed by atoms with van der Waals surface area (Å²) in [6, 6.07) is 29.7. The van der Waals surface area contributed by atoms with Crippen LogP contribution in [0.1, 0.15) is 10.4 Å². The highest BCUT2D eigenvalue weighted by Crippen LogP contribution is 2.31. The van der Waals surface area contributed by atoms with Crippen LogP contribution in [0.3, 0.4) is 0 Å². The molecule has 0 saturated carbocycles. The first kappa shape index (κ1) is 15.0. The molecule has 2 aromatic heterocycles. The zero-order valence-corrected chi connectivity index (χ0v) is 14.8. The van der Waals surface area contributed by atoms with Crippen molar-refractivity contribution in [3.05, 3.63) is 101 Å². The van der Waals surface area contributed by atoms with E-state index in [2.05, 4.69) is 94.6 Å². The molecule has 0 amide bonds. The summed E-state index contributed by atoms with van der Waals surface area (Å²) in [7, 11) is 0. The van der Waals surface area contributed by atoms with Gasteiger partial charge in [0.1, 0.15) is 0 Å². The van der Waals surface area contributed by atoms with Gasteiger partial charge >= 0.3 is 0 Å². The van der Waals surface area contributed by atoms with Crippen LogP contribution in [-0.2, 0) is 0 Å². The van der Waals surface area contributed by atoms with Gasteiger partial charge in [-0.3, -0.25) is 0 Å². The van der Waals surface area contributed by atoms with Crippen LogP contribution in [0.25, 0.3) is 27.5 Å². The minimum atomic E-state index is 1.03. The van der Waals surface area contributed by atoms with Crippen LogP contribution in [0.5, 0.6) is 0 Å². The highest BCUT2D eigenvalue weighted by Gasteiger charge is 2.10. The van der Waals surface area contributed by atoms with Crippen molar-refractivity contribution < 1.29 is 0 Å². The maximum atomic E-state index is 3.25. The summed E-state index contributed by atoms with van der Waals surface area (Å²) in [6.07, 6.45) is 0. The van der Waals surface area contributed by atoms with Crippen molar-refractivity contribution in [2.24, 2.45) is 0 Å². The van der Waals surface area contributed by atoms with E-state index in [-0.39, 0.29) is 0 Å². The van der Waals surface area contributed by atoms with E-state index >= 15 is 0 Å². The molecule has 0 atom stereocenters. The Bertz CT molecular complexity index is 1210. The molecular formula is C24H15NS. The zero-order chi connectivity index (χ0) is 17.3. The van der Waals surface area contributed by atoms with Crippen LogP contribution >= 0.6 is 11.3 Å². The Morgan fingerprint density at radius 1 is 0.615 bits per heavy atom. The maximum Gasteiger partial charge on any atom is 0.0772 e. The van der Waals surface area contributed by atoms with Crippen molar-refractivity contribution in [3.8, 4) is 17.5 Å². The Morgan fingerprint density at radius 2 is 1.27 bits per heavy atom. The third kappa shape index (κ3) is 2.50. The summed E-state index contributed by atoms with van der Waals surface area (Å²) in [5, 5.41) is 4.62. The lowest BCUT2D eigenvalue weighted by Crippen LogP contribution is -1.93. The molecule has 0 aliphatic rings. The van der Waals surface area contributed by atoms with E-state index in [1.165, 1.54) is 21.8 Å². The van der Waals surface area contributed by atoms with Gasteiger partial charge in [-0.25, -0.2) is 0 Å². The summed E-state index contributed by atoms with van der Waals surface area (Å²) in [6.45, 7) is 0. The first-order valence-corrected chi connectivity index (χ1v) is 9.42. The number of hydrogen-bond acceptors (Lipinski definition) is 1. The van der Waals surface area contributed by atoms with Gasteiger partial charge in [0.15, 0.2) is 0 Å². The fourth-order valence-electron chi connectivity index (χ4n) is 3.38. The number of hydrogen-bond donors (Lipinski definition) is 0. The van der Waals surface area contributed by atoms with Gasteiger partial charge in [-0.1, -0.05) is 54.3 Å². The van der Waals surface area contributed by atoms with E-state index in [1.54, 1.807) is 11.3 Å². The lowest BCUT2D eigenvalue weighted by atomic mass is 10.2. The fraction of sp³-hybridized carbons (Fsp3) is 0. The Kier molecular flexibility index (Phi) is 3.59. The van der Waals surface area contributed by atoms with E-state index in [1.807, 2.05) is 12.1 Å². The molecular weight excluding hydrogens is 334 g/mol. The van der Waals surface area contributed by atoms with Crippen molar-refractivity contribution in [3.63, 3.8) is 0 Å². The molecule has 0 aliphatic carbocycles. The van der Waals surface area contributed by atoms with Gasteiger partial charge in [0.2, 0.25) is 0 Å². The quantitative estimate of drug-likeness (QED) is 0.315. The second-order valence-electron chi connectivity index (χ2n) is 6.14. The maximum absolute atomic E-state index is 3.25. The van der Waals surface area contributed by atoms with Gasteiger partial charge in [0, 0.05) is 22.0 Å².